The van der Waals surface area contributed by atoms with E-state index in [1.165, 1.54) is 19.4 Å². The van der Waals surface area contributed by atoms with E-state index in [1.807, 2.05) is 0 Å². The van der Waals surface area contributed by atoms with Gasteiger partial charge in [-0.3, -0.25) is 9.89 Å². The van der Waals surface area contributed by atoms with Gasteiger partial charge in [0.2, 0.25) is 0 Å². The van der Waals surface area contributed by atoms with Gasteiger partial charge in [0.15, 0.2) is 5.96 Å². The van der Waals surface area contributed by atoms with E-state index in [9.17, 15) is 0 Å². The van der Waals surface area contributed by atoms with Gasteiger partial charge >= 0.3 is 0 Å². The van der Waals surface area contributed by atoms with Gasteiger partial charge in [0.1, 0.15) is 0 Å². The molecule has 23 heavy (non-hydrogen) atoms. The molecule has 0 radical (unpaired) electrons. The zero-order valence-corrected chi connectivity index (χ0v) is 15.5. The summed E-state index contributed by atoms with van der Waals surface area (Å²) in [5.74, 6) is 2.46. The summed E-state index contributed by atoms with van der Waals surface area (Å²) in [6, 6.07) is 1.11. The van der Waals surface area contributed by atoms with Crippen molar-refractivity contribution < 1.29 is 4.74 Å². The average Bonchev–Trinajstić information content (AvgIpc) is 3.26. The van der Waals surface area contributed by atoms with Crippen LogP contribution in [0.1, 0.15) is 47.0 Å². The quantitative estimate of drug-likeness (QED) is 0.387. The van der Waals surface area contributed by atoms with Crippen molar-refractivity contribution in [3.05, 3.63) is 0 Å². The highest BCUT2D eigenvalue weighted by molar-refractivity contribution is 5.80. The predicted molar refractivity (Wildman–Crippen MR) is 96.9 cm³/mol. The lowest BCUT2D eigenvalue weighted by Crippen LogP contribution is -2.46. The number of hydrogen-bond acceptors (Lipinski definition) is 3. The standard InChI is InChI=1S/C18H36N4O/c1-5-19-18(20-9-6-10-23-13-16-7-8-16)21-17-12-22(14(2)3)11-15(17)4/h14-17H,5-13H2,1-4H3,(H2,19,20,21). The first-order valence-electron chi connectivity index (χ1n) is 9.46. The van der Waals surface area contributed by atoms with Crippen LogP contribution in [-0.4, -0.2) is 62.3 Å². The van der Waals surface area contributed by atoms with Crippen molar-refractivity contribution in [2.24, 2.45) is 16.8 Å². The predicted octanol–water partition coefficient (Wildman–Crippen LogP) is 2.09. The number of guanidine groups is 1. The van der Waals surface area contributed by atoms with Crippen LogP contribution in [0.15, 0.2) is 4.99 Å². The summed E-state index contributed by atoms with van der Waals surface area (Å²) in [6.07, 6.45) is 3.72. The summed E-state index contributed by atoms with van der Waals surface area (Å²) in [5.41, 5.74) is 0. The first-order valence-corrected chi connectivity index (χ1v) is 9.46. The molecular formula is C18H36N4O. The number of nitrogens with zero attached hydrogens (tertiary/aromatic N) is 2. The minimum absolute atomic E-state index is 0.487. The molecule has 5 nitrogen and oxygen atoms in total. The van der Waals surface area contributed by atoms with E-state index in [2.05, 4.69) is 43.2 Å². The van der Waals surface area contributed by atoms with Crippen LogP contribution in [0.2, 0.25) is 0 Å². The third-order valence-corrected chi connectivity index (χ3v) is 4.80. The van der Waals surface area contributed by atoms with E-state index < -0.39 is 0 Å². The number of ether oxygens (including phenoxy) is 1. The summed E-state index contributed by atoms with van der Waals surface area (Å²) in [5, 5.41) is 7.00. The SMILES string of the molecule is CCNC(=NCCCOCC1CC1)NC1CN(C(C)C)CC1C. The number of aliphatic imine (C=N–C) groups is 1. The number of likely N-dealkylation sites (tertiary alicyclic amines) is 1. The molecule has 2 atom stereocenters. The van der Waals surface area contributed by atoms with Crippen molar-refractivity contribution >= 4 is 5.96 Å². The largest absolute Gasteiger partial charge is 0.381 e. The topological polar surface area (TPSA) is 48.9 Å². The normalized spacial score (nSPS) is 26.0. The Bertz CT molecular complexity index is 368. The molecule has 0 bridgehead atoms. The highest BCUT2D eigenvalue weighted by Crippen LogP contribution is 2.28. The lowest BCUT2D eigenvalue weighted by Gasteiger charge is -2.21. The van der Waals surface area contributed by atoms with Crippen molar-refractivity contribution in [1.29, 1.82) is 0 Å². The summed E-state index contributed by atoms with van der Waals surface area (Å²) < 4.78 is 5.67. The van der Waals surface area contributed by atoms with Crippen molar-refractivity contribution in [3.8, 4) is 0 Å². The molecule has 1 heterocycles. The second-order valence-electron chi connectivity index (χ2n) is 7.41. The second kappa shape index (κ2) is 9.48. The zero-order valence-electron chi connectivity index (χ0n) is 15.5. The molecule has 2 rings (SSSR count). The molecular weight excluding hydrogens is 288 g/mol. The van der Waals surface area contributed by atoms with Gasteiger partial charge in [0.05, 0.1) is 0 Å². The molecule has 0 aromatic heterocycles. The Labute approximate surface area is 142 Å². The van der Waals surface area contributed by atoms with Gasteiger partial charge in [0.25, 0.3) is 0 Å². The monoisotopic (exact) mass is 324 g/mol. The molecule has 5 heteroatoms. The molecule has 2 aliphatic rings. The molecule has 2 fully saturated rings. The number of nitrogens with one attached hydrogen (secondary N) is 2. The van der Waals surface area contributed by atoms with E-state index in [4.69, 9.17) is 9.73 Å². The van der Waals surface area contributed by atoms with Crippen molar-refractivity contribution in [2.45, 2.75) is 59.0 Å². The van der Waals surface area contributed by atoms with Crippen LogP contribution in [0.4, 0.5) is 0 Å². The van der Waals surface area contributed by atoms with Crippen LogP contribution in [0.5, 0.6) is 0 Å². The number of hydrogen-bond donors (Lipinski definition) is 2. The molecule has 1 saturated heterocycles. The molecule has 1 aliphatic heterocycles. The fraction of sp³-hybridized carbons (Fsp3) is 0.944. The van der Waals surface area contributed by atoms with Gasteiger partial charge in [-0.15, -0.1) is 0 Å². The second-order valence-corrected chi connectivity index (χ2v) is 7.41. The Kier molecular flexibility index (Phi) is 7.63. The van der Waals surface area contributed by atoms with Crippen molar-refractivity contribution in [3.63, 3.8) is 0 Å². The van der Waals surface area contributed by atoms with Crippen LogP contribution in [0, 0.1) is 11.8 Å². The first kappa shape index (κ1) is 18.5. The maximum Gasteiger partial charge on any atom is 0.191 e. The molecule has 1 saturated carbocycles. The Hall–Kier alpha value is -0.810. The van der Waals surface area contributed by atoms with Gasteiger partial charge < -0.3 is 15.4 Å². The van der Waals surface area contributed by atoms with Gasteiger partial charge in [-0.05, 0) is 51.9 Å². The number of rotatable bonds is 9. The molecule has 0 aromatic rings. The maximum absolute atomic E-state index is 5.67. The van der Waals surface area contributed by atoms with Crippen LogP contribution in [0.25, 0.3) is 0 Å². The molecule has 0 aromatic carbocycles. The van der Waals surface area contributed by atoms with E-state index in [-0.39, 0.29) is 0 Å². The van der Waals surface area contributed by atoms with E-state index in [0.717, 1.165) is 51.1 Å². The highest BCUT2D eigenvalue weighted by Gasteiger charge is 2.31. The van der Waals surface area contributed by atoms with Crippen LogP contribution < -0.4 is 10.6 Å². The first-order chi connectivity index (χ1) is 11.1. The smallest absolute Gasteiger partial charge is 0.191 e. The zero-order chi connectivity index (χ0) is 16.7. The van der Waals surface area contributed by atoms with E-state index >= 15 is 0 Å². The maximum atomic E-state index is 5.67. The third-order valence-electron chi connectivity index (χ3n) is 4.80. The van der Waals surface area contributed by atoms with Crippen LogP contribution >= 0.6 is 0 Å². The Balaban J connectivity index is 1.69. The van der Waals surface area contributed by atoms with Gasteiger partial charge in [-0.1, -0.05) is 6.92 Å². The Morgan fingerprint density at radius 3 is 2.70 bits per heavy atom. The third kappa shape index (κ3) is 6.68. The van der Waals surface area contributed by atoms with Crippen molar-refractivity contribution in [1.82, 2.24) is 15.5 Å². The van der Waals surface area contributed by atoms with E-state index in [1.54, 1.807) is 0 Å². The molecule has 2 N–H and O–H groups in total. The van der Waals surface area contributed by atoms with Gasteiger partial charge in [-0.2, -0.15) is 0 Å². The molecule has 0 amide bonds. The lowest BCUT2D eigenvalue weighted by molar-refractivity contribution is 0.123. The van der Waals surface area contributed by atoms with Crippen LogP contribution in [-0.2, 0) is 4.74 Å². The average molecular weight is 325 g/mol. The van der Waals surface area contributed by atoms with Gasteiger partial charge in [-0.25, -0.2) is 0 Å². The molecule has 1 aliphatic carbocycles. The minimum atomic E-state index is 0.487. The molecule has 0 spiro atoms. The fourth-order valence-corrected chi connectivity index (χ4v) is 3.00. The Morgan fingerprint density at radius 2 is 2.09 bits per heavy atom. The lowest BCUT2D eigenvalue weighted by atomic mass is 10.1. The Morgan fingerprint density at radius 1 is 1.30 bits per heavy atom. The minimum Gasteiger partial charge on any atom is -0.381 e. The highest BCUT2D eigenvalue weighted by atomic mass is 16.5. The van der Waals surface area contributed by atoms with Gasteiger partial charge in [0, 0.05) is 51.5 Å². The summed E-state index contributed by atoms with van der Waals surface area (Å²) >= 11 is 0. The molecule has 2 unspecified atom stereocenters. The summed E-state index contributed by atoms with van der Waals surface area (Å²) in [4.78, 5) is 7.25. The summed E-state index contributed by atoms with van der Waals surface area (Å²) in [6.45, 7) is 14.8. The summed E-state index contributed by atoms with van der Waals surface area (Å²) in [7, 11) is 0. The van der Waals surface area contributed by atoms with Crippen molar-refractivity contribution in [2.75, 3.05) is 39.4 Å². The van der Waals surface area contributed by atoms with Crippen LogP contribution in [0.3, 0.4) is 0 Å². The van der Waals surface area contributed by atoms with E-state index in [0.29, 0.717) is 18.0 Å². The molecule has 134 valence electrons. The fourth-order valence-electron chi connectivity index (χ4n) is 3.00.